The van der Waals surface area contributed by atoms with Crippen molar-refractivity contribution in [1.29, 1.82) is 0 Å². The molecule has 3 rings (SSSR count). The topological polar surface area (TPSA) is 82.1 Å². The Labute approximate surface area is 179 Å². The van der Waals surface area contributed by atoms with Crippen molar-refractivity contribution in [3.8, 4) is 0 Å². The summed E-state index contributed by atoms with van der Waals surface area (Å²) in [5.41, 5.74) is 0.890. The fraction of sp³-hybridized carbons (Fsp3) is 0.652. The van der Waals surface area contributed by atoms with Crippen molar-refractivity contribution in [3.63, 3.8) is 0 Å². The number of amides is 2. The first-order chi connectivity index (χ1) is 14.4. The van der Waals surface area contributed by atoms with E-state index < -0.39 is 5.60 Å². The zero-order chi connectivity index (χ0) is 21.6. The summed E-state index contributed by atoms with van der Waals surface area (Å²) in [6.45, 7) is 5.66. The van der Waals surface area contributed by atoms with Gasteiger partial charge in [0.25, 0.3) is 5.91 Å². The van der Waals surface area contributed by atoms with Crippen LogP contribution in [0.2, 0.25) is 0 Å². The number of piperidine rings is 1. The Morgan fingerprint density at radius 1 is 1.20 bits per heavy atom. The van der Waals surface area contributed by atoms with Gasteiger partial charge >= 0.3 is 0 Å². The number of carbonyl (C=O) groups excluding carboxylic acids is 2. The summed E-state index contributed by atoms with van der Waals surface area (Å²) < 4.78 is 5.17. The average Bonchev–Trinajstić information content (AvgIpc) is 2.91. The molecule has 2 amide bonds. The summed E-state index contributed by atoms with van der Waals surface area (Å²) in [7, 11) is 1.65. The molecule has 7 nitrogen and oxygen atoms in total. The van der Waals surface area contributed by atoms with E-state index in [0.717, 1.165) is 37.9 Å². The first-order valence-electron chi connectivity index (χ1n) is 11.0. The van der Waals surface area contributed by atoms with Crippen molar-refractivity contribution in [3.05, 3.63) is 35.4 Å². The van der Waals surface area contributed by atoms with Crippen LogP contribution in [0.4, 0.5) is 0 Å². The Hall–Kier alpha value is -1.96. The van der Waals surface area contributed by atoms with Gasteiger partial charge in [-0.3, -0.25) is 9.59 Å². The second kappa shape index (κ2) is 10.4. The minimum atomic E-state index is -0.770. The van der Waals surface area contributed by atoms with E-state index in [1.807, 2.05) is 29.2 Å². The maximum absolute atomic E-state index is 13.0. The van der Waals surface area contributed by atoms with Gasteiger partial charge in [0.05, 0.1) is 12.2 Å². The van der Waals surface area contributed by atoms with E-state index in [9.17, 15) is 14.7 Å². The van der Waals surface area contributed by atoms with Gasteiger partial charge < -0.3 is 25.0 Å². The van der Waals surface area contributed by atoms with Gasteiger partial charge in [-0.15, -0.1) is 0 Å². The number of nitrogens with one attached hydrogen (secondary N) is 1. The summed E-state index contributed by atoms with van der Waals surface area (Å²) in [6, 6.07) is 7.82. The highest BCUT2D eigenvalue weighted by molar-refractivity contribution is 5.94. The van der Waals surface area contributed by atoms with Crippen LogP contribution in [-0.2, 0) is 16.1 Å². The highest BCUT2D eigenvalue weighted by Gasteiger charge is 2.34. The number of hydrogen-bond donors (Lipinski definition) is 2. The molecule has 166 valence electrons. The van der Waals surface area contributed by atoms with Crippen LogP contribution in [0.1, 0.15) is 54.9 Å². The van der Waals surface area contributed by atoms with Crippen LogP contribution >= 0.6 is 0 Å². The van der Waals surface area contributed by atoms with E-state index in [4.69, 9.17) is 4.74 Å². The average molecular weight is 418 g/mol. The number of nitrogens with zero attached hydrogens (tertiary/aromatic N) is 2. The van der Waals surface area contributed by atoms with E-state index in [-0.39, 0.29) is 17.9 Å². The summed E-state index contributed by atoms with van der Waals surface area (Å²) in [4.78, 5) is 28.4. The molecule has 2 heterocycles. The third-order valence-electron chi connectivity index (χ3n) is 6.20. The van der Waals surface area contributed by atoms with Crippen LogP contribution in [0.5, 0.6) is 0 Å². The molecule has 2 fully saturated rings. The van der Waals surface area contributed by atoms with E-state index >= 15 is 0 Å². The lowest BCUT2D eigenvalue weighted by Gasteiger charge is -2.38. The van der Waals surface area contributed by atoms with E-state index in [1.54, 1.807) is 14.0 Å². The van der Waals surface area contributed by atoms with Crippen LogP contribution in [0.3, 0.4) is 0 Å². The molecule has 2 N–H and O–H groups in total. The van der Waals surface area contributed by atoms with Crippen molar-refractivity contribution in [2.24, 2.45) is 0 Å². The van der Waals surface area contributed by atoms with Crippen LogP contribution < -0.4 is 5.32 Å². The molecule has 2 aliphatic heterocycles. The highest BCUT2D eigenvalue weighted by Crippen LogP contribution is 2.26. The molecule has 2 aliphatic rings. The van der Waals surface area contributed by atoms with Crippen LogP contribution in [-0.4, -0.2) is 78.2 Å². The van der Waals surface area contributed by atoms with E-state index in [0.29, 0.717) is 44.6 Å². The van der Waals surface area contributed by atoms with Crippen molar-refractivity contribution >= 4 is 11.8 Å². The van der Waals surface area contributed by atoms with E-state index in [1.165, 1.54) is 0 Å². The maximum Gasteiger partial charge on any atom is 0.253 e. The van der Waals surface area contributed by atoms with Gasteiger partial charge in [-0.25, -0.2) is 0 Å². The monoisotopic (exact) mass is 417 g/mol. The summed E-state index contributed by atoms with van der Waals surface area (Å²) >= 11 is 0. The molecule has 0 radical (unpaired) electrons. The van der Waals surface area contributed by atoms with Crippen molar-refractivity contribution in [2.45, 2.75) is 57.3 Å². The van der Waals surface area contributed by atoms with Gasteiger partial charge in [-0.1, -0.05) is 12.1 Å². The number of ether oxygens (including phenoxy) is 1. The molecule has 1 atom stereocenters. The molecule has 7 heteroatoms. The zero-order valence-corrected chi connectivity index (χ0v) is 18.2. The molecule has 0 unspecified atom stereocenters. The molecule has 0 aromatic heterocycles. The smallest absolute Gasteiger partial charge is 0.253 e. The molecule has 0 aliphatic carbocycles. The van der Waals surface area contributed by atoms with Crippen molar-refractivity contribution in [1.82, 2.24) is 15.1 Å². The number of likely N-dealkylation sites (tertiary alicyclic amines) is 2. The van der Waals surface area contributed by atoms with Gasteiger partial charge in [0.2, 0.25) is 5.91 Å². The third kappa shape index (κ3) is 6.27. The number of carbonyl (C=O) groups is 2. The second-order valence-electron chi connectivity index (χ2n) is 8.75. The fourth-order valence-electron chi connectivity index (χ4n) is 4.62. The van der Waals surface area contributed by atoms with Crippen LogP contribution in [0, 0.1) is 0 Å². The lowest BCUT2D eigenvalue weighted by Crippen LogP contribution is -2.50. The Morgan fingerprint density at radius 2 is 1.97 bits per heavy atom. The lowest BCUT2D eigenvalue weighted by molar-refractivity contribution is -0.120. The van der Waals surface area contributed by atoms with Crippen molar-refractivity contribution in [2.75, 3.05) is 39.8 Å². The summed E-state index contributed by atoms with van der Waals surface area (Å²) in [5, 5.41) is 14.2. The van der Waals surface area contributed by atoms with Crippen LogP contribution in [0.15, 0.2) is 24.3 Å². The molecule has 0 bridgehead atoms. The van der Waals surface area contributed by atoms with E-state index in [2.05, 4.69) is 10.2 Å². The number of rotatable bonds is 6. The molecule has 1 aromatic rings. The second-order valence-corrected chi connectivity index (χ2v) is 8.75. The normalized spacial score (nSPS) is 23.8. The van der Waals surface area contributed by atoms with Gasteiger partial charge in [0.1, 0.15) is 0 Å². The van der Waals surface area contributed by atoms with Crippen molar-refractivity contribution < 1.29 is 19.4 Å². The van der Waals surface area contributed by atoms with Gasteiger partial charge in [0.15, 0.2) is 0 Å². The number of hydrogen-bond acceptors (Lipinski definition) is 5. The molecular weight excluding hydrogens is 382 g/mol. The SMILES string of the molecule is COCc1cccc(C(=O)N2CCC[C@@](O)(CN3CCC(NC(C)=O)CC3)CC2)c1. The Bertz CT molecular complexity index is 733. The predicted octanol–water partition coefficient (Wildman–Crippen LogP) is 1.79. The first-order valence-corrected chi connectivity index (χ1v) is 11.0. The number of methoxy groups -OCH3 is 1. The number of aliphatic hydroxyl groups is 1. The van der Waals surface area contributed by atoms with Crippen LogP contribution in [0.25, 0.3) is 0 Å². The molecule has 0 saturated carbocycles. The lowest BCUT2D eigenvalue weighted by atomic mass is 9.93. The Kier molecular flexibility index (Phi) is 7.86. The number of benzene rings is 1. The minimum Gasteiger partial charge on any atom is -0.388 e. The third-order valence-corrected chi connectivity index (χ3v) is 6.20. The number of β-amino-alcohol motifs (C(OH)–C–C–N with tert-alkyl or cyclic N) is 1. The first kappa shape index (κ1) is 22.7. The predicted molar refractivity (Wildman–Crippen MR) is 115 cm³/mol. The Balaban J connectivity index is 1.53. The molecule has 30 heavy (non-hydrogen) atoms. The molecule has 1 aromatic carbocycles. The minimum absolute atomic E-state index is 0.0216. The van der Waals surface area contributed by atoms with Gasteiger partial charge in [0, 0.05) is 58.4 Å². The highest BCUT2D eigenvalue weighted by atomic mass is 16.5. The molecule has 0 spiro atoms. The maximum atomic E-state index is 13.0. The quantitative estimate of drug-likeness (QED) is 0.738. The Morgan fingerprint density at radius 3 is 2.67 bits per heavy atom. The largest absolute Gasteiger partial charge is 0.388 e. The zero-order valence-electron chi connectivity index (χ0n) is 18.2. The van der Waals surface area contributed by atoms with Gasteiger partial charge in [-0.05, 0) is 49.8 Å². The summed E-state index contributed by atoms with van der Waals surface area (Å²) in [6.07, 6.45) is 3.91. The standard InChI is InChI=1S/C23H35N3O4/c1-18(27)24-21-7-12-25(13-8-21)17-23(29)9-4-11-26(14-10-23)22(28)20-6-3-5-19(15-20)16-30-2/h3,5-6,15,21,29H,4,7-14,16-17H2,1-2H3,(H,24,27)/t23-/m0/s1. The fourth-order valence-corrected chi connectivity index (χ4v) is 4.62. The summed E-state index contributed by atoms with van der Waals surface area (Å²) in [5.74, 6) is 0.0432. The molecular formula is C23H35N3O4. The van der Waals surface area contributed by atoms with Gasteiger partial charge in [-0.2, -0.15) is 0 Å². The molecule has 2 saturated heterocycles.